The van der Waals surface area contributed by atoms with Crippen molar-refractivity contribution in [3.63, 3.8) is 0 Å². The smallest absolute Gasteiger partial charge is 0.308 e. The maximum atomic E-state index is 12.7. The van der Waals surface area contributed by atoms with E-state index in [1.54, 1.807) is 4.68 Å². The minimum atomic E-state index is -0.166. The van der Waals surface area contributed by atoms with Gasteiger partial charge < -0.3 is 4.74 Å². The van der Waals surface area contributed by atoms with Gasteiger partial charge in [-0.05, 0) is 49.4 Å². The SMILES string of the molecule is COC(=O)C1CCC(C(=O)Cc2cc3cc(-c4cnn(C)c4)ccc3nn2)CC1. The number of carbonyl (C=O) groups is 2. The fourth-order valence-electron chi connectivity index (χ4n) is 4.06. The number of ketones is 1. The molecule has 0 spiro atoms. The largest absolute Gasteiger partial charge is 0.469 e. The summed E-state index contributed by atoms with van der Waals surface area (Å²) in [5.74, 6) is -0.0865. The Morgan fingerprint density at radius 1 is 1.07 bits per heavy atom. The van der Waals surface area contributed by atoms with Crippen LogP contribution >= 0.6 is 0 Å². The summed E-state index contributed by atoms with van der Waals surface area (Å²) in [6.45, 7) is 0. The zero-order valence-corrected chi connectivity index (χ0v) is 16.7. The van der Waals surface area contributed by atoms with E-state index in [1.807, 2.05) is 37.6 Å². The number of fused-ring (bicyclic) bond motifs is 1. The van der Waals surface area contributed by atoms with E-state index in [-0.39, 0.29) is 30.0 Å². The molecule has 150 valence electrons. The zero-order chi connectivity index (χ0) is 20.4. The van der Waals surface area contributed by atoms with E-state index in [1.165, 1.54) is 7.11 Å². The molecule has 4 rings (SSSR count). The molecule has 0 saturated heterocycles. The number of ether oxygens (including phenoxy) is 1. The molecule has 1 fully saturated rings. The lowest BCUT2D eigenvalue weighted by Crippen LogP contribution is -2.27. The van der Waals surface area contributed by atoms with Crippen LogP contribution in [-0.4, -0.2) is 38.8 Å². The number of hydrogen-bond donors (Lipinski definition) is 0. The standard InChI is InChI=1S/C22H24N4O3/c1-26-13-18(12-23-26)16-7-8-20-17(9-16)10-19(24-25-20)11-21(27)14-3-5-15(6-4-14)22(28)29-2/h7-10,12-15H,3-6,11H2,1-2H3. The number of hydrogen-bond acceptors (Lipinski definition) is 6. The molecular formula is C22H24N4O3. The van der Waals surface area contributed by atoms with Gasteiger partial charge in [-0.1, -0.05) is 6.07 Å². The Kier molecular flexibility index (Phi) is 5.38. The summed E-state index contributed by atoms with van der Waals surface area (Å²) >= 11 is 0. The van der Waals surface area contributed by atoms with Crippen molar-refractivity contribution in [3.8, 4) is 11.1 Å². The predicted octanol–water partition coefficient (Wildman–Crippen LogP) is 3.12. The number of esters is 1. The molecular weight excluding hydrogens is 368 g/mol. The van der Waals surface area contributed by atoms with Gasteiger partial charge in [0.1, 0.15) is 5.78 Å². The number of carbonyl (C=O) groups excluding carboxylic acids is 2. The molecule has 0 N–H and O–H groups in total. The van der Waals surface area contributed by atoms with Crippen LogP contribution in [0.4, 0.5) is 0 Å². The van der Waals surface area contributed by atoms with E-state index in [2.05, 4.69) is 21.4 Å². The minimum absolute atomic E-state index is 0.0184. The molecule has 1 aliphatic rings. The van der Waals surface area contributed by atoms with Crippen LogP contribution in [0.15, 0.2) is 36.7 Å². The van der Waals surface area contributed by atoms with Gasteiger partial charge in [0.05, 0.1) is 36.9 Å². The first-order chi connectivity index (χ1) is 14.0. The second kappa shape index (κ2) is 8.11. The highest BCUT2D eigenvalue weighted by Crippen LogP contribution is 2.31. The average molecular weight is 392 g/mol. The fraction of sp³-hybridized carbons (Fsp3) is 0.409. The van der Waals surface area contributed by atoms with Gasteiger partial charge in [0.25, 0.3) is 0 Å². The minimum Gasteiger partial charge on any atom is -0.469 e. The van der Waals surface area contributed by atoms with Gasteiger partial charge in [-0.2, -0.15) is 15.3 Å². The topological polar surface area (TPSA) is 87.0 Å². The molecule has 0 aliphatic heterocycles. The first kappa shape index (κ1) is 19.2. The van der Waals surface area contributed by atoms with Crippen molar-refractivity contribution in [2.75, 3.05) is 7.11 Å². The number of Topliss-reactive ketones (excluding diaryl/α,β-unsaturated/α-hetero) is 1. The second-order valence-corrected chi connectivity index (χ2v) is 7.73. The quantitative estimate of drug-likeness (QED) is 0.620. The van der Waals surface area contributed by atoms with Crippen molar-refractivity contribution < 1.29 is 14.3 Å². The zero-order valence-electron chi connectivity index (χ0n) is 16.7. The molecule has 0 atom stereocenters. The molecule has 0 bridgehead atoms. The van der Waals surface area contributed by atoms with E-state index in [9.17, 15) is 9.59 Å². The van der Waals surface area contributed by atoms with Gasteiger partial charge in [0.15, 0.2) is 0 Å². The van der Waals surface area contributed by atoms with Crippen molar-refractivity contribution in [1.82, 2.24) is 20.0 Å². The number of aromatic nitrogens is 4. The van der Waals surface area contributed by atoms with E-state index in [4.69, 9.17) is 4.74 Å². The fourth-order valence-corrected chi connectivity index (χ4v) is 4.06. The molecule has 0 unspecified atom stereocenters. The third kappa shape index (κ3) is 4.18. The summed E-state index contributed by atoms with van der Waals surface area (Å²) in [6.07, 6.45) is 6.93. The lowest BCUT2D eigenvalue weighted by Gasteiger charge is -2.25. The van der Waals surface area contributed by atoms with Crippen molar-refractivity contribution >= 4 is 22.7 Å². The maximum absolute atomic E-state index is 12.7. The molecule has 0 amide bonds. The molecule has 1 aromatic carbocycles. The number of benzene rings is 1. The third-order valence-electron chi connectivity index (χ3n) is 5.75. The Labute approximate surface area is 169 Å². The van der Waals surface area contributed by atoms with Crippen LogP contribution in [0.25, 0.3) is 22.0 Å². The van der Waals surface area contributed by atoms with Gasteiger partial charge in [0.2, 0.25) is 0 Å². The summed E-state index contributed by atoms with van der Waals surface area (Å²) in [4.78, 5) is 24.4. The van der Waals surface area contributed by atoms with Crippen LogP contribution in [-0.2, 0) is 27.8 Å². The van der Waals surface area contributed by atoms with Crippen LogP contribution in [0.2, 0.25) is 0 Å². The summed E-state index contributed by atoms with van der Waals surface area (Å²) in [7, 11) is 3.30. The molecule has 1 saturated carbocycles. The van der Waals surface area contributed by atoms with Crippen LogP contribution in [0.1, 0.15) is 31.4 Å². The lowest BCUT2D eigenvalue weighted by atomic mass is 9.79. The number of nitrogens with zero attached hydrogens (tertiary/aromatic N) is 4. The first-order valence-electron chi connectivity index (χ1n) is 9.89. The molecule has 3 aromatic rings. The Hall–Kier alpha value is -3.09. The van der Waals surface area contributed by atoms with Gasteiger partial charge in [-0.3, -0.25) is 14.3 Å². The van der Waals surface area contributed by atoms with Crippen molar-refractivity contribution in [2.24, 2.45) is 18.9 Å². The van der Waals surface area contributed by atoms with Gasteiger partial charge >= 0.3 is 5.97 Å². The van der Waals surface area contributed by atoms with Crippen molar-refractivity contribution in [3.05, 3.63) is 42.4 Å². The molecule has 29 heavy (non-hydrogen) atoms. The summed E-state index contributed by atoms with van der Waals surface area (Å²) in [6, 6.07) is 7.93. The van der Waals surface area contributed by atoms with Gasteiger partial charge in [-0.25, -0.2) is 0 Å². The van der Waals surface area contributed by atoms with E-state index >= 15 is 0 Å². The van der Waals surface area contributed by atoms with Crippen LogP contribution in [0.5, 0.6) is 0 Å². The lowest BCUT2D eigenvalue weighted by molar-refractivity contribution is -0.147. The number of rotatable bonds is 5. The molecule has 7 nitrogen and oxygen atoms in total. The highest BCUT2D eigenvalue weighted by molar-refractivity contribution is 5.87. The summed E-state index contributed by atoms with van der Waals surface area (Å²) < 4.78 is 6.58. The van der Waals surface area contributed by atoms with Gasteiger partial charge in [-0.15, -0.1) is 0 Å². The molecule has 0 radical (unpaired) electrons. The van der Waals surface area contributed by atoms with Crippen LogP contribution in [0.3, 0.4) is 0 Å². The molecule has 1 aliphatic carbocycles. The molecule has 7 heteroatoms. The molecule has 2 heterocycles. The Bertz CT molecular complexity index is 1050. The maximum Gasteiger partial charge on any atom is 0.308 e. The number of aryl methyl sites for hydroxylation is 1. The average Bonchev–Trinajstić information content (AvgIpc) is 3.19. The van der Waals surface area contributed by atoms with Crippen molar-refractivity contribution in [2.45, 2.75) is 32.1 Å². The normalized spacial score (nSPS) is 19.2. The first-order valence-corrected chi connectivity index (χ1v) is 9.89. The second-order valence-electron chi connectivity index (χ2n) is 7.73. The third-order valence-corrected chi connectivity index (χ3v) is 5.75. The predicted molar refractivity (Wildman–Crippen MR) is 108 cm³/mol. The van der Waals surface area contributed by atoms with Gasteiger partial charge in [0, 0.05) is 30.1 Å². The highest BCUT2D eigenvalue weighted by atomic mass is 16.5. The Morgan fingerprint density at radius 3 is 2.52 bits per heavy atom. The van der Waals surface area contributed by atoms with Crippen LogP contribution < -0.4 is 0 Å². The summed E-state index contributed by atoms with van der Waals surface area (Å²) in [5.41, 5.74) is 3.57. The highest BCUT2D eigenvalue weighted by Gasteiger charge is 2.30. The van der Waals surface area contributed by atoms with Crippen LogP contribution in [0, 0.1) is 11.8 Å². The Morgan fingerprint density at radius 2 is 1.83 bits per heavy atom. The van der Waals surface area contributed by atoms with E-state index in [0.29, 0.717) is 18.5 Å². The monoisotopic (exact) mass is 392 g/mol. The number of methoxy groups -OCH3 is 1. The Balaban J connectivity index is 1.46. The van der Waals surface area contributed by atoms with E-state index in [0.717, 1.165) is 34.9 Å². The van der Waals surface area contributed by atoms with Crippen molar-refractivity contribution in [1.29, 1.82) is 0 Å². The molecule has 2 aromatic heterocycles. The summed E-state index contributed by atoms with van der Waals surface area (Å²) in [5, 5.41) is 13.7. The van der Waals surface area contributed by atoms with E-state index < -0.39 is 0 Å².